The molecular weight excluding hydrogens is 230 g/mol. The lowest BCUT2D eigenvalue weighted by Gasteiger charge is -2.15. The molecule has 1 fully saturated rings. The SMILES string of the molecule is NCC#Cc1cncc(C(=O)N2CCC(O)C2)c1. The fraction of sp³-hybridized carbons (Fsp3) is 0.385. The number of hydrogen-bond acceptors (Lipinski definition) is 4. The molecule has 1 saturated heterocycles. The summed E-state index contributed by atoms with van der Waals surface area (Å²) >= 11 is 0. The van der Waals surface area contributed by atoms with Gasteiger partial charge in [0, 0.05) is 31.0 Å². The van der Waals surface area contributed by atoms with Crippen molar-refractivity contribution in [2.45, 2.75) is 12.5 Å². The molecule has 0 radical (unpaired) electrons. The van der Waals surface area contributed by atoms with E-state index in [-0.39, 0.29) is 12.5 Å². The maximum atomic E-state index is 12.1. The number of nitrogens with two attached hydrogens (primary N) is 1. The summed E-state index contributed by atoms with van der Waals surface area (Å²) in [5, 5.41) is 9.42. The molecule has 1 aliphatic rings. The summed E-state index contributed by atoms with van der Waals surface area (Å²) in [5.74, 6) is 5.45. The number of likely N-dealkylation sites (tertiary alicyclic amines) is 1. The van der Waals surface area contributed by atoms with Crippen molar-refractivity contribution < 1.29 is 9.90 Å². The quantitative estimate of drug-likeness (QED) is 0.660. The predicted octanol–water partition coefficient (Wildman–Crippen LogP) is -0.401. The molecule has 18 heavy (non-hydrogen) atoms. The molecule has 3 N–H and O–H groups in total. The first kappa shape index (κ1) is 12.6. The second-order valence-electron chi connectivity index (χ2n) is 4.16. The molecule has 1 aliphatic heterocycles. The van der Waals surface area contributed by atoms with Crippen LogP contribution >= 0.6 is 0 Å². The van der Waals surface area contributed by atoms with Crippen molar-refractivity contribution in [2.75, 3.05) is 19.6 Å². The second-order valence-corrected chi connectivity index (χ2v) is 4.16. The van der Waals surface area contributed by atoms with Crippen LogP contribution in [0.25, 0.3) is 0 Å². The molecular formula is C13H15N3O2. The number of pyridine rings is 1. The zero-order valence-electron chi connectivity index (χ0n) is 9.97. The Morgan fingerprint density at radius 1 is 1.61 bits per heavy atom. The summed E-state index contributed by atoms with van der Waals surface area (Å²) in [6.45, 7) is 1.24. The molecule has 0 spiro atoms. The summed E-state index contributed by atoms with van der Waals surface area (Å²) < 4.78 is 0. The molecule has 1 aromatic heterocycles. The largest absolute Gasteiger partial charge is 0.391 e. The first-order valence-corrected chi connectivity index (χ1v) is 5.82. The van der Waals surface area contributed by atoms with Crippen LogP contribution in [0, 0.1) is 11.8 Å². The first-order valence-electron chi connectivity index (χ1n) is 5.82. The van der Waals surface area contributed by atoms with Gasteiger partial charge in [0.2, 0.25) is 0 Å². The molecule has 2 heterocycles. The molecule has 0 bridgehead atoms. The normalized spacial score (nSPS) is 18.3. The fourth-order valence-corrected chi connectivity index (χ4v) is 1.89. The van der Waals surface area contributed by atoms with Crippen LogP contribution in [-0.2, 0) is 0 Å². The van der Waals surface area contributed by atoms with Gasteiger partial charge in [0.15, 0.2) is 0 Å². The third-order valence-corrected chi connectivity index (χ3v) is 2.77. The lowest BCUT2D eigenvalue weighted by molar-refractivity contribution is 0.0764. The third kappa shape index (κ3) is 2.86. The van der Waals surface area contributed by atoms with E-state index in [4.69, 9.17) is 5.73 Å². The molecule has 5 heteroatoms. The molecule has 0 aliphatic carbocycles. The number of aromatic nitrogens is 1. The lowest BCUT2D eigenvalue weighted by atomic mass is 10.2. The Morgan fingerprint density at radius 2 is 2.44 bits per heavy atom. The van der Waals surface area contributed by atoms with E-state index >= 15 is 0 Å². The van der Waals surface area contributed by atoms with Gasteiger partial charge < -0.3 is 15.7 Å². The smallest absolute Gasteiger partial charge is 0.255 e. The second kappa shape index (κ2) is 5.63. The van der Waals surface area contributed by atoms with E-state index in [2.05, 4.69) is 16.8 Å². The number of carbonyl (C=O) groups is 1. The molecule has 0 saturated carbocycles. The van der Waals surface area contributed by atoms with Gasteiger partial charge >= 0.3 is 0 Å². The monoisotopic (exact) mass is 245 g/mol. The average Bonchev–Trinajstić information content (AvgIpc) is 2.82. The van der Waals surface area contributed by atoms with Gasteiger partial charge in [0.05, 0.1) is 18.2 Å². The highest BCUT2D eigenvalue weighted by molar-refractivity contribution is 5.94. The molecule has 1 aromatic rings. The van der Waals surface area contributed by atoms with Crippen LogP contribution in [0.4, 0.5) is 0 Å². The van der Waals surface area contributed by atoms with Crippen LogP contribution in [-0.4, -0.2) is 46.6 Å². The molecule has 94 valence electrons. The minimum absolute atomic E-state index is 0.115. The number of β-amino-alcohol motifs (C(OH)–C–C–N with tert-alkyl or cyclic N) is 1. The topological polar surface area (TPSA) is 79.5 Å². The van der Waals surface area contributed by atoms with E-state index in [0.717, 1.165) is 0 Å². The molecule has 1 unspecified atom stereocenters. The summed E-state index contributed by atoms with van der Waals surface area (Å²) in [6.07, 6.45) is 3.33. The van der Waals surface area contributed by atoms with Crippen molar-refractivity contribution in [2.24, 2.45) is 5.73 Å². The van der Waals surface area contributed by atoms with E-state index in [1.54, 1.807) is 17.2 Å². The van der Waals surface area contributed by atoms with E-state index in [1.165, 1.54) is 6.20 Å². The molecule has 1 atom stereocenters. The molecule has 0 aromatic carbocycles. The Kier molecular flexibility index (Phi) is 3.92. The van der Waals surface area contributed by atoms with Crippen LogP contribution in [0.1, 0.15) is 22.3 Å². The zero-order chi connectivity index (χ0) is 13.0. The van der Waals surface area contributed by atoms with Crippen LogP contribution in [0.2, 0.25) is 0 Å². The predicted molar refractivity (Wildman–Crippen MR) is 66.7 cm³/mol. The Hall–Kier alpha value is -1.90. The van der Waals surface area contributed by atoms with Crippen molar-refractivity contribution >= 4 is 5.91 Å². The minimum atomic E-state index is -0.415. The maximum Gasteiger partial charge on any atom is 0.255 e. The summed E-state index contributed by atoms with van der Waals surface area (Å²) in [7, 11) is 0. The van der Waals surface area contributed by atoms with Crippen molar-refractivity contribution in [1.29, 1.82) is 0 Å². The molecule has 1 amide bonds. The summed E-state index contributed by atoms with van der Waals surface area (Å²) in [5.41, 5.74) is 6.46. The van der Waals surface area contributed by atoms with E-state index in [1.807, 2.05) is 0 Å². The highest BCUT2D eigenvalue weighted by Gasteiger charge is 2.25. The van der Waals surface area contributed by atoms with Crippen molar-refractivity contribution in [3.05, 3.63) is 29.6 Å². The number of amides is 1. The number of rotatable bonds is 1. The van der Waals surface area contributed by atoms with Gasteiger partial charge in [0.25, 0.3) is 5.91 Å². The van der Waals surface area contributed by atoms with Crippen LogP contribution in [0.3, 0.4) is 0 Å². The van der Waals surface area contributed by atoms with Crippen LogP contribution < -0.4 is 5.73 Å². The Morgan fingerprint density at radius 3 is 3.11 bits per heavy atom. The van der Waals surface area contributed by atoms with Gasteiger partial charge in [-0.25, -0.2) is 0 Å². The summed E-state index contributed by atoms with van der Waals surface area (Å²) in [6, 6.07) is 1.70. The van der Waals surface area contributed by atoms with Crippen molar-refractivity contribution in [1.82, 2.24) is 9.88 Å². The van der Waals surface area contributed by atoms with Gasteiger partial charge in [-0.1, -0.05) is 11.8 Å². The zero-order valence-corrected chi connectivity index (χ0v) is 9.97. The standard InChI is InChI=1S/C13H15N3O2/c14-4-1-2-10-6-11(8-15-7-10)13(18)16-5-3-12(17)9-16/h6-8,12,17H,3-5,9,14H2. The minimum Gasteiger partial charge on any atom is -0.391 e. The maximum absolute atomic E-state index is 12.1. The van der Waals surface area contributed by atoms with Crippen LogP contribution in [0.5, 0.6) is 0 Å². The number of carbonyl (C=O) groups excluding carboxylic acids is 1. The first-order chi connectivity index (χ1) is 8.70. The van der Waals surface area contributed by atoms with Gasteiger partial charge in [-0.05, 0) is 12.5 Å². The van der Waals surface area contributed by atoms with Gasteiger partial charge in [-0.2, -0.15) is 0 Å². The lowest BCUT2D eigenvalue weighted by Crippen LogP contribution is -2.29. The number of hydrogen-bond donors (Lipinski definition) is 2. The summed E-state index contributed by atoms with van der Waals surface area (Å²) in [4.78, 5) is 17.7. The highest BCUT2D eigenvalue weighted by Crippen LogP contribution is 2.13. The van der Waals surface area contributed by atoms with Gasteiger partial charge in [0.1, 0.15) is 0 Å². The molecule has 5 nitrogen and oxygen atoms in total. The highest BCUT2D eigenvalue weighted by atomic mass is 16.3. The van der Waals surface area contributed by atoms with E-state index in [9.17, 15) is 9.90 Å². The Bertz CT molecular complexity index is 504. The van der Waals surface area contributed by atoms with Crippen molar-refractivity contribution in [3.63, 3.8) is 0 Å². The number of aliphatic hydroxyl groups is 1. The van der Waals surface area contributed by atoms with Gasteiger partial charge in [-0.15, -0.1) is 0 Å². The fourth-order valence-electron chi connectivity index (χ4n) is 1.89. The molecule has 2 rings (SSSR count). The third-order valence-electron chi connectivity index (χ3n) is 2.77. The van der Waals surface area contributed by atoms with Crippen LogP contribution in [0.15, 0.2) is 18.5 Å². The number of aliphatic hydroxyl groups excluding tert-OH is 1. The van der Waals surface area contributed by atoms with E-state index in [0.29, 0.717) is 30.6 Å². The van der Waals surface area contributed by atoms with Gasteiger partial charge in [-0.3, -0.25) is 9.78 Å². The average molecular weight is 245 g/mol. The number of nitrogens with zero attached hydrogens (tertiary/aromatic N) is 2. The van der Waals surface area contributed by atoms with Crippen molar-refractivity contribution in [3.8, 4) is 11.8 Å². The Balaban J connectivity index is 2.15. The van der Waals surface area contributed by atoms with E-state index < -0.39 is 6.10 Å². The Labute approximate surface area is 106 Å².